The van der Waals surface area contributed by atoms with Gasteiger partial charge in [0.1, 0.15) is 11.3 Å². The lowest BCUT2D eigenvalue weighted by atomic mass is 9.91. The minimum Gasteiger partial charge on any atom is -0.496 e. The van der Waals surface area contributed by atoms with Crippen molar-refractivity contribution in [1.82, 2.24) is 0 Å². The quantitative estimate of drug-likeness (QED) is 0.749. The predicted octanol–water partition coefficient (Wildman–Crippen LogP) is 1.29. The van der Waals surface area contributed by atoms with Crippen molar-refractivity contribution in [3.05, 3.63) is 24.3 Å². The van der Waals surface area contributed by atoms with Gasteiger partial charge in [-0.15, -0.1) is 11.8 Å². The first-order valence-electron chi connectivity index (χ1n) is 6.95. The number of aliphatic carboxylic acids is 2. The van der Waals surface area contributed by atoms with Crippen LogP contribution in [0, 0.1) is 17.8 Å². The summed E-state index contributed by atoms with van der Waals surface area (Å²) in [5.74, 6) is -2.74. The highest BCUT2D eigenvalue weighted by Gasteiger charge is 2.73. The standard InChI is InChI=1S/C15H17NO5S/c1-21-7-4-2-3-5-8(7)22-9-6-15(16,14(19)20)12-10(9)11(12)13(17)18/h2-5,9-12H,6,16H2,1H3,(H,17,18)(H,19,20). The second-order valence-corrected chi connectivity index (χ2v) is 7.10. The molecule has 3 rings (SSSR count). The highest BCUT2D eigenvalue weighted by Crippen LogP contribution is 2.65. The van der Waals surface area contributed by atoms with Gasteiger partial charge in [-0.1, -0.05) is 12.1 Å². The van der Waals surface area contributed by atoms with Crippen LogP contribution in [-0.2, 0) is 9.59 Å². The number of fused-ring (bicyclic) bond motifs is 1. The van der Waals surface area contributed by atoms with Crippen LogP contribution in [0.15, 0.2) is 29.2 Å². The Hall–Kier alpha value is -1.73. The zero-order chi connectivity index (χ0) is 16.1. The number of carbonyl (C=O) groups is 2. The predicted molar refractivity (Wildman–Crippen MR) is 79.9 cm³/mol. The van der Waals surface area contributed by atoms with Crippen molar-refractivity contribution < 1.29 is 24.5 Å². The summed E-state index contributed by atoms with van der Waals surface area (Å²) in [5.41, 5.74) is 4.57. The third-order valence-electron chi connectivity index (χ3n) is 4.67. The molecule has 6 nitrogen and oxygen atoms in total. The van der Waals surface area contributed by atoms with Crippen LogP contribution in [0.2, 0.25) is 0 Å². The lowest BCUT2D eigenvalue weighted by molar-refractivity contribution is -0.145. The minimum atomic E-state index is -1.45. The smallest absolute Gasteiger partial charge is 0.324 e. The first kappa shape index (κ1) is 15.2. The summed E-state index contributed by atoms with van der Waals surface area (Å²) >= 11 is 1.46. The van der Waals surface area contributed by atoms with Crippen molar-refractivity contribution in [1.29, 1.82) is 0 Å². The van der Waals surface area contributed by atoms with Crippen molar-refractivity contribution in [2.75, 3.05) is 7.11 Å². The van der Waals surface area contributed by atoms with Gasteiger partial charge in [-0.2, -0.15) is 0 Å². The van der Waals surface area contributed by atoms with Crippen LogP contribution in [0.5, 0.6) is 5.75 Å². The average molecular weight is 323 g/mol. The van der Waals surface area contributed by atoms with Gasteiger partial charge >= 0.3 is 11.9 Å². The molecule has 0 bridgehead atoms. The van der Waals surface area contributed by atoms with Gasteiger partial charge in [-0.05, 0) is 24.5 Å². The van der Waals surface area contributed by atoms with Gasteiger partial charge in [-0.3, -0.25) is 9.59 Å². The van der Waals surface area contributed by atoms with E-state index in [-0.39, 0.29) is 17.6 Å². The number of methoxy groups -OCH3 is 1. The summed E-state index contributed by atoms with van der Waals surface area (Å²) in [4.78, 5) is 23.7. The third kappa shape index (κ3) is 2.16. The number of thioether (sulfide) groups is 1. The molecule has 2 aliphatic carbocycles. The van der Waals surface area contributed by atoms with Gasteiger partial charge in [0, 0.05) is 16.1 Å². The molecule has 0 amide bonds. The number of rotatable bonds is 5. The summed E-state index contributed by atoms with van der Waals surface area (Å²) in [7, 11) is 1.57. The molecule has 118 valence electrons. The lowest BCUT2D eigenvalue weighted by Gasteiger charge is -2.24. The summed E-state index contributed by atoms with van der Waals surface area (Å²) in [5, 5.41) is 18.5. The molecule has 2 saturated carbocycles. The Labute approximate surface area is 131 Å². The number of hydrogen-bond acceptors (Lipinski definition) is 5. The van der Waals surface area contributed by atoms with E-state index in [0.29, 0.717) is 5.75 Å². The molecule has 0 radical (unpaired) electrons. The second kappa shape index (κ2) is 5.17. The van der Waals surface area contributed by atoms with Crippen LogP contribution in [0.3, 0.4) is 0 Å². The third-order valence-corrected chi connectivity index (χ3v) is 6.04. The second-order valence-electron chi connectivity index (χ2n) is 5.82. The van der Waals surface area contributed by atoms with Crippen molar-refractivity contribution in [3.8, 4) is 5.75 Å². The zero-order valence-electron chi connectivity index (χ0n) is 11.9. The van der Waals surface area contributed by atoms with E-state index in [1.54, 1.807) is 7.11 Å². The zero-order valence-corrected chi connectivity index (χ0v) is 12.7. The van der Waals surface area contributed by atoms with E-state index in [9.17, 15) is 19.8 Å². The molecule has 5 atom stereocenters. The molecule has 0 aliphatic heterocycles. The lowest BCUT2D eigenvalue weighted by Crippen LogP contribution is -2.50. The molecule has 7 heteroatoms. The fourth-order valence-electron chi connectivity index (χ4n) is 3.61. The first-order valence-corrected chi connectivity index (χ1v) is 7.83. The van der Waals surface area contributed by atoms with Crippen molar-refractivity contribution in [3.63, 3.8) is 0 Å². The molecule has 0 aromatic heterocycles. The van der Waals surface area contributed by atoms with E-state index in [0.717, 1.165) is 4.90 Å². The highest BCUT2D eigenvalue weighted by molar-refractivity contribution is 8.00. The number of para-hydroxylation sites is 1. The van der Waals surface area contributed by atoms with Gasteiger partial charge in [0.2, 0.25) is 0 Å². The molecule has 4 N–H and O–H groups in total. The van der Waals surface area contributed by atoms with Crippen LogP contribution in [-0.4, -0.2) is 40.1 Å². The van der Waals surface area contributed by atoms with E-state index in [4.69, 9.17) is 10.5 Å². The van der Waals surface area contributed by atoms with Crippen LogP contribution in [0.1, 0.15) is 6.42 Å². The molecule has 0 saturated heterocycles. The van der Waals surface area contributed by atoms with Crippen LogP contribution >= 0.6 is 11.8 Å². The Balaban J connectivity index is 1.86. The minimum absolute atomic E-state index is 0.136. The van der Waals surface area contributed by atoms with Gasteiger partial charge < -0.3 is 20.7 Å². The SMILES string of the molecule is COc1ccccc1SC1CC(N)(C(=O)O)C2C(C(=O)O)C12. The van der Waals surface area contributed by atoms with E-state index < -0.39 is 29.3 Å². The van der Waals surface area contributed by atoms with E-state index in [1.807, 2.05) is 24.3 Å². The number of ether oxygens (including phenoxy) is 1. The molecule has 1 aromatic rings. The summed E-state index contributed by atoms with van der Waals surface area (Å²) in [6.45, 7) is 0. The molecule has 1 aromatic carbocycles. The van der Waals surface area contributed by atoms with Crippen LogP contribution in [0.25, 0.3) is 0 Å². The van der Waals surface area contributed by atoms with E-state index in [2.05, 4.69) is 0 Å². The maximum Gasteiger partial charge on any atom is 0.324 e. The Morgan fingerprint density at radius 3 is 2.64 bits per heavy atom. The van der Waals surface area contributed by atoms with Crippen LogP contribution < -0.4 is 10.5 Å². The number of hydrogen-bond donors (Lipinski definition) is 3. The molecule has 2 aliphatic rings. The maximum absolute atomic E-state index is 11.5. The molecular weight excluding hydrogens is 306 g/mol. The largest absolute Gasteiger partial charge is 0.496 e. The van der Waals surface area contributed by atoms with Crippen LogP contribution in [0.4, 0.5) is 0 Å². The molecule has 2 fully saturated rings. The number of carboxylic acids is 2. The Morgan fingerprint density at radius 1 is 1.36 bits per heavy atom. The van der Waals surface area contributed by atoms with Gasteiger partial charge in [0.05, 0.1) is 13.0 Å². The molecule has 22 heavy (non-hydrogen) atoms. The summed E-state index contributed by atoms with van der Waals surface area (Å²) in [6.07, 6.45) is 0.268. The van der Waals surface area contributed by atoms with Gasteiger partial charge in [0.15, 0.2) is 0 Å². The Bertz CT molecular complexity index is 636. The number of carboxylic acid groups (broad SMARTS) is 2. The fraction of sp³-hybridized carbons (Fsp3) is 0.467. The van der Waals surface area contributed by atoms with Gasteiger partial charge in [-0.25, -0.2) is 0 Å². The molecule has 5 unspecified atom stereocenters. The number of nitrogens with two attached hydrogens (primary N) is 1. The maximum atomic E-state index is 11.5. The fourth-order valence-corrected chi connectivity index (χ4v) is 5.22. The van der Waals surface area contributed by atoms with Crippen molar-refractivity contribution >= 4 is 23.7 Å². The van der Waals surface area contributed by atoms with Crippen molar-refractivity contribution in [2.24, 2.45) is 23.5 Å². The normalized spacial score (nSPS) is 35.7. The molecular formula is C15H17NO5S. The van der Waals surface area contributed by atoms with E-state index in [1.165, 1.54) is 11.8 Å². The molecule has 0 spiro atoms. The average Bonchev–Trinajstić information content (AvgIpc) is 3.16. The van der Waals surface area contributed by atoms with E-state index >= 15 is 0 Å². The Morgan fingerprint density at radius 2 is 2.05 bits per heavy atom. The monoisotopic (exact) mass is 323 g/mol. The number of benzene rings is 1. The Kier molecular flexibility index (Phi) is 3.57. The summed E-state index contributed by atoms with van der Waals surface area (Å²) in [6, 6.07) is 7.42. The molecule has 0 heterocycles. The first-order chi connectivity index (χ1) is 10.4. The van der Waals surface area contributed by atoms with Crippen molar-refractivity contribution in [2.45, 2.75) is 22.1 Å². The topological polar surface area (TPSA) is 110 Å². The van der Waals surface area contributed by atoms with Gasteiger partial charge in [0.25, 0.3) is 0 Å². The highest BCUT2D eigenvalue weighted by atomic mass is 32.2. The summed E-state index contributed by atoms with van der Waals surface area (Å²) < 4.78 is 5.29.